The predicted molar refractivity (Wildman–Crippen MR) is 120 cm³/mol. The molecule has 2 aromatic heterocycles. The minimum absolute atomic E-state index is 0.0811. The summed E-state index contributed by atoms with van der Waals surface area (Å²) >= 11 is 7.51. The minimum atomic E-state index is -4.44. The third kappa shape index (κ3) is 4.50. The van der Waals surface area contributed by atoms with Crippen molar-refractivity contribution in [3.05, 3.63) is 64.1 Å². The van der Waals surface area contributed by atoms with Crippen LogP contribution in [0.3, 0.4) is 0 Å². The third-order valence-corrected chi connectivity index (χ3v) is 6.50. The molecule has 7 nitrogen and oxygen atoms in total. The molecular formula is C20H21ClF3N7S. The third-order valence-electron chi connectivity index (χ3n) is 5.02. The molecule has 0 saturated carbocycles. The van der Waals surface area contributed by atoms with E-state index in [-0.39, 0.29) is 17.6 Å². The average Bonchev–Trinajstić information content (AvgIpc) is 3.40. The molecule has 2 unspecified atom stereocenters. The van der Waals surface area contributed by atoms with Crippen LogP contribution in [0.25, 0.3) is 0 Å². The van der Waals surface area contributed by atoms with Gasteiger partial charge in [0.05, 0.1) is 23.8 Å². The van der Waals surface area contributed by atoms with E-state index in [0.29, 0.717) is 11.4 Å². The van der Waals surface area contributed by atoms with Gasteiger partial charge in [0.15, 0.2) is 11.3 Å². The lowest BCUT2D eigenvalue weighted by Crippen LogP contribution is -2.32. The first-order valence-electron chi connectivity index (χ1n) is 9.74. The van der Waals surface area contributed by atoms with E-state index in [9.17, 15) is 13.2 Å². The highest BCUT2D eigenvalue weighted by Gasteiger charge is 2.32. The number of nitrogens with zero attached hydrogens (tertiary/aromatic N) is 6. The number of alkyl halides is 3. The van der Waals surface area contributed by atoms with Crippen LogP contribution in [-0.2, 0) is 12.7 Å². The van der Waals surface area contributed by atoms with Crippen molar-refractivity contribution in [2.45, 2.75) is 45.0 Å². The lowest BCUT2D eigenvalue weighted by atomic mass is 10.1. The van der Waals surface area contributed by atoms with Crippen molar-refractivity contribution in [2.24, 2.45) is 10.8 Å². The Morgan fingerprint density at radius 2 is 1.94 bits per heavy atom. The largest absolute Gasteiger partial charge is 0.416 e. The molecule has 0 bridgehead atoms. The molecule has 0 fully saturated rings. The van der Waals surface area contributed by atoms with Crippen molar-refractivity contribution >= 4 is 34.2 Å². The van der Waals surface area contributed by atoms with Gasteiger partial charge in [-0.25, -0.2) is 5.01 Å². The Kier molecular flexibility index (Phi) is 5.99. The van der Waals surface area contributed by atoms with E-state index in [1.165, 1.54) is 22.5 Å². The monoisotopic (exact) mass is 483 g/mol. The van der Waals surface area contributed by atoms with Crippen LogP contribution in [-0.4, -0.2) is 30.1 Å². The Balaban J connectivity index is 1.54. The Hall–Kier alpha value is -2.50. The number of hydrogen-bond donors (Lipinski definition) is 1. The molecule has 4 rings (SSSR count). The summed E-state index contributed by atoms with van der Waals surface area (Å²) in [6.45, 7) is 5.99. The smallest absolute Gasteiger partial charge is 0.301 e. The highest BCUT2D eigenvalue weighted by molar-refractivity contribution is 8.14. The second-order valence-electron chi connectivity index (χ2n) is 7.51. The Morgan fingerprint density at radius 3 is 2.59 bits per heavy atom. The second kappa shape index (κ2) is 8.45. The highest BCUT2D eigenvalue weighted by Crippen LogP contribution is 2.34. The molecule has 3 aromatic rings. The summed E-state index contributed by atoms with van der Waals surface area (Å²) in [7, 11) is 0. The van der Waals surface area contributed by atoms with Crippen molar-refractivity contribution in [2.75, 3.05) is 5.01 Å². The Labute approximate surface area is 192 Å². The maximum Gasteiger partial charge on any atom is 0.416 e. The van der Waals surface area contributed by atoms with Gasteiger partial charge in [-0.05, 0) is 50.6 Å². The van der Waals surface area contributed by atoms with E-state index in [1.807, 2.05) is 31.5 Å². The van der Waals surface area contributed by atoms with E-state index < -0.39 is 17.2 Å². The fourth-order valence-corrected chi connectivity index (χ4v) is 4.59. The van der Waals surface area contributed by atoms with Crippen molar-refractivity contribution in [3.8, 4) is 0 Å². The molecule has 1 aliphatic heterocycles. The zero-order chi connectivity index (χ0) is 23.2. The van der Waals surface area contributed by atoms with Crippen LogP contribution in [0.2, 0.25) is 5.02 Å². The van der Waals surface area contributed by atoms with Crippen LogP contribution in [0.5, 0.6) is 0 Å². The molecule has 2 N–H and O–H groups in total. The molecule has 0 spiro atoms. The number of aromatic nitrogens is 4. The van der Waals surface area contributed by atoms with Crippen LogP contribution in [0, 0.1) is 13.8 Å². The topological polar surface area (TPSA) is 77.3 Å². The number of hydrazone groups is 1. The molecule has 12 heteroatoms. The normalized spacial score (nSPS) is 17.7. The van der Waals surface area contributed by atoms with E-state index in [2.05, 4.69) is 15.3 Å². The molecule has 0 amide bonds. The fourth-order valence-electron chi connectivity index (χ4n) is 3.47. The molecule has 0 aliphatic carbocycles. The maximum atomic E-state index is 13.0. The van der Waals surface area contributed by atoms with Gasteiger partial charge in [0.25, 0.3) is 0 Å². The summed E-state index contributed by atoms with van der Waals surface area (Å²) in [6, 6.07) is 6.84. The van der Waals surface area contributed by atoms with Crippen LogP contribution >= 0.6 is 23.4 Å². The average molecular weight is 484 g/mol. The van der Waals surface area contributed by atoms with Crippen molar-refractivity contribution < 1.29 is 13.2 Å². The molecule has 2 atom stereocenters. The number of anilines is 1. The van der Waals surface area contributed by atoms with Crippen molar-refractivity contribution in [3.63, 3.8) is 0 Å². The summed E-state index contributed by atoms with van der Waals surface area (Å²) in [6.07, 6.45) is -2.79. The van der Waals surface area contributed by atoms with Gasteiger partial charge in [0.2, 0.25) is 0 Å². The maximum absolute atomic E-state index is 13.0. The fraction of sp³-hybridized carbons (Fsp3) is 0.350. The lowest BCUT2D eigenvalue weighted by molar-refractivity contribution is -0.137. The van der Waals surface area contributed by atoms with Crippen LogP contribution in [0.1, 0.15) is 35.5 Å². The van der Waals surface area contributed by atoms with Gasteiger partial charge in [-0.1, -0.05) is 23.4 Å². The first kappa shape index (κ1) is 22.7. The first-order chi connectivity index (χ1) is 15.0. The summed E-state index contributed by atoms with van der Waals surface area (Å²) in [5.74, 6) is 0.490. The zero-order valence-corrected chi connectivity index (χ0v) is 19.1. The van der Waals surface area contributed by atoms with Gasteiger partial charge < -0.3 is 5.73 Å². The first-order valence-corrected chi connectivity index (χ1v) is 11.0. The molecule has 170 valence electrons. The summed E-state index contributed by atoms with van der Waals surface area (Å²) in [5.41, 5.74) is 7.29. The van der Waals surface area contributed by atoms with Crippen molar-refractivity contribution in [1.29, 1.82) is 0 Å². The van der Waals surface area contributed by atoms with Crippen LogP contribution in [0.15, 0.2) is 41.6 Å². The predicted octanol–water partition coefficient (Wildman–Crippen LogP) is 4.79. The van der Waals surface area contributed by atoms with Gasteiger partial charge in [-0.2, -0.15) is 28.5 Å². The molecule has 1 aromatic carbocycles. The number of aryl methyl sites for hydroxylation is 2. The second-order valence-corrected chi connectivity index (χ2v) is 9.06. The van der Waals surface area contributed by atoms with Gasteiger partial charge in [0, 0.05) is 23.0 Å². The van der Waals surface area contributed by atoms with Crippen LogP contribution < -0.4 is 10.7 Å². The molecule has 0 saturated heterocycles. The van der Waals surface area contributed by atoms with E-state index in [4.69, 9.17) is 17.3 Å². The zero-order valence-electron chi connectivity index (χ0n) is 17.5. The molecule has 0 radical (unpaired) electrons. The number of thioether (sulfide) groups is 1. The van der Waals surface area contributed by atoms with Crippen molar-refractivity contribution in [1.82, 2.24) is 19.6 Å². The number of halogens is 4. The standard InChI is InChI=1S/C20H21ClF3N7S/c1-11-8-12(2)30(26-11)13(3)18-28-31(19(25)32-18)17-6-7-29(27-17)10-14-9-15(20(22,23)24)4-5-16(14)21/h4-9,13,19H,10,25H2,1-3H3. The Bertz CT molecular complexity index is 1170. The van der Waals surface area contributed by atoms with E-state index in [1.54, 1.807) is 17.3 Å². The van der Waals surface area contributed by atoms with Gasteiger partial charge in [-0.3, -0.25) is 9.36 Å². The van der Waals surface area contributed by atoms with E-state index in [0.717, 1.165) is 28.6 Å². The molecular weight excluding hydrogens is 463 g/mol. The number of benzene rings is 1. The lowest BCUT2D eigenvalue weighted by Gasteiger charge is -2.15. The van der Waals surface area contributed by atoms with Gasteiger partial charge in [0.1, 0.15) is 5.04 Å². The van der Waals surface area contributed by atoms with Gasteiger partial charge in [-0.15, -0.1) is 0 Å². The molecule has 3 heterocycles. The number of hydrogen-bond acceptors (Lipinski definition) is 6. The summed E-state index contributed by atoms with van der Waals surface area (Å²) in [4.78, 5) is 0. The summed E-state index contributed by atoms with van der Waals surface area (Å²) < 4.78 is 42.5. The number of rotatable bonds is 5. The van der Waals surface area contributed by atoms with E-state index >= 15 is 0 Å². The quantitative estimate of drug-likeness (QED) is 0.564. The number of nitrogens with two attached hydrogens (primary N) is 1. The SMILES string of the molecule is Cc1cc(C)n(C(C)C2=NN(c3ccn(Cc4cc(C(F)(F)F)ccc4Cl)n3)C(N)S2)n1. The summed E-state index contributed by atoms with van der Waals surface area (Å²) in [5, 5.41) is 16.2. The molecule has 32 heavy (non-hydrogen) atoms. The highest BCUT2D eigenvalue weighted by atomic mass is 35.5. The van der Waals surface area contributed by atoms with Crippen LogP contribution in [0.4, 0.5) is 19.0 Å². The molecule has 1 aliphatic rings. The minimum Gasteiger partial charge on any atom is -0.301 e. The van der Waals surface area contributed by atoms with Gasteiger partial charge >= 0.3 is 6.18 Å². The Morgan fingerprint density at radius 1 is 1.19 bits per heavy atom.